The Bertz CT molecular complexity index is 786. The first-order valence-electron chi connectivity index (χ1n) is 11.1. The highest BCUT2D eigenvalue weighted by molar-refractivity contribution is 6.30. The molecule has 1 aliphatic carbocycles. The number of nitrogens with one attached hydrogen (secondary N) is 1. The predicted octanol–water partition coefficient (Wildman–Crippen LogP) is 8.52. The van der Waals surface area contributed by atoms with Crippen LogP contribution in [0.2, 0.25) is 5.15 Å². The van der Waals surface area contributed by atoms with E-state index < -0.39 is 0 Å². The summed E-state index contributed by atoms with van der Waals surface area (Å²) in [5.74, 6) is 0.549. The molecule has 0 radical (unpaired) electrons. The molecule has 1 heterocycles. The molecular weight excluding hydrogens is 399 g/mol. The molecule has 2 aromatic rings. The number of pyridine rings is 1. The van der Waals surface area contributed by atoms with Crippen LogP contribution in [0.3, 0.4) is 0 Å². The number of hydrogen-bond acceptors (Lipinski definition) is 3. The van der Waals surface area contributed by atoms with Crippen molar-refractivity contribution in [1.29, 1.82) is 0 Å². The monoisotopic (exact) mass is 434 g/mol. The summed E-state index contributed by atoms with van der Waals surface area (Å²) in [7, 11) is 0. The molecule has 0 saturated heterocycles. The SMILES string of the molecule is CC.CC(=O)c1cc(Cl)ncc1Nc1ccc(C)cc1F.CCCC1CCCCC1. The fourth-order valence-electron chi connectivity index (χ4n) is 3.57. The average Bonchev–Trinajstić information content (AvgIpc) is 2.74. The number of Topliss-reactive ketones (excluding diaryl/α,β-unsaturated/α-hetero) is 1. The molecule has 0 bridgehead atoms. The average molecular weight is 435 g/mol. The van der Waals surface area contributed by atoms with Gasteiger partial charge in [0.2, 0.25) is 0 Å². The third kappa shape index (κ3) is 8.83. The van der Waals surface area contributed by atoms with Crippen molar-refractivity contribution in [2.24, 2.45) is 5.92 Å². The van der Waals surface area contributed by atoms with E-state index in [9.17, 15) is 9.18 Å². The number of anilines is 2. The summed E-state index contributed by atoms with van der Waals surface area (Å²) in [4.78, 5) is 15.4. The normalized spacial score (nSPS) is 13.4. The lowest BCUT2D eigenvalue weighted by molar-refractivity contribution is 0.101. The highest BCUT2D eigenvalue weighted by Gasteiger charge is 2.12. The Labute approximate surface area is 186 Å². The largest absolute Gasteiger partial charge is 0.351 e. The maximum Gasteiger partial charge on any atom is 0.162 e. The van der Waals surface area contributed by atoms with Gasteiger partial charge in [0, 0.05) is 5.56 Å². The first-order chi connectivity index (χ1) is 14.4. The molecule has 5 heteroatoms. The van der Waals surface area contributed by atoms with Crippen LogP contribution >= 0.6 is 11.6 Å². The first-order valence-corrected chi connectivity index (χ1v) is 11.5. The maximum absolute atomic E-state index is 13.8. The molecule has 3 nitrogen and oxygen atoms in total. The zero-order valence-electron chi connectivity index (χ0n) is 19.0. The topological polar surface area (TPSA) is 42.0 Å². The Kier molecular flexibility index (Phi) is 12.3. The van der Waals surface area contributed by atoms with E-state index in [0.29, 0.717) is 11.3 Å². The molecule has 1 aromatic carbocycles. The zero-order valence-corrected chi connectivity index (χ0v) is 19.8. The molecule has 0 amide bonds. The van der Waals surface area contributed by atoms with Gasteiger partial charge in [-0.15, -0.1) is 0 Å². The number of rotatable bonds is 5. The van der Waals surface area contributed by atoms with Gasteiger partial charge >= 0.3 is 0 Å². The maximum atomic E-state index is 13.8. The van der Waals surface area contributed by atoms with Crippen molar-refractivity contribution in [1.82, 2.24) is 4.98 Å². The van der Waals surface area contributed by atoms with Crippen LogP contribution in [0.4, 0.5) is 15.8 Å². The van der Waals surface area contributed by atoms with Crippen molar-refractivity contribution in [3.63, 3.8) is 0 Å². The van der Waals surface area contributed by atoms with Crippen LogP contribution in [-0.4, -0.2) is 10.8 Å². The standard InChI is InChI=1S/C14H12ClFN2O.C9H18.C2H6/c1-8-3-4-12(11(16)5-8)18-13-7-17-14(15)6-10(13)9(2)19;1-2-6-9-7-4-3-5-8-9;1-2/h3-7,18H,1-2H3;9H,2-8H2,1H3;1-2H3. The minimum Gasteiger partial charge on any atom is -0.351 e. The number of aromatic nitrogens is 1. The summed E-state index contributed by atoms with van der Waals surface area (Å²) in [6.45, 7) is 9.52. The summed E-state index contributed by atoms with van der Waals surface area (Å²) in [5.41, 5.74) is 1.92. The van der Waals surface area contributed by atoms with E-state index in [1.165, 1.54) is 70.2 Å². The molecule has 1 aliphatic rings. The summed E-state index contributed by atoms with van der Waals surface area (Å²) in [6.07, 6.45) is 11.8. The highest BCUT2D eigenvalue weighted by atomic mass is 35.5. The van der Waals surface area contributed by atoms with E-state index in [1.807, 2.05) is 13.8 Å². The summed E-state index contributed by atoms with van der Waals surface area (Å²) in [6, 6.07) is 6.27. The summed E-state index contributed by atoms with van der Waals surface area (Å²) in [5, 5.41) is 3.08. The van der Waals surface area contributed by atoms with Gasteiger partial charge in [0.1, 0.15) is 11.0 Å². The van der Waals surface area contributed by atoms with Crippen molar-refractivity contribution in [2.75, 3.05) is 5.32 Å². The van der Waals surface area contributed by atoms with E-state index in [1.54, 1.807) is 19.1 Å². The number of carbonyl (C=O) groups excluding carboxylic acids is 1. The second kappa shape index (κ2) is 14.1. The van der Waals surface area contributed by atoms with Gasteiger partial charge in [-0.05, 0) is 43.5 Å². The first kappa shape index (κ1) is 26.1. The summed E-state index contributed by atoms with van der Waals surface area (Å²) >= 11 is 5.75. The van der Waals surface area contributed by atoms with Gasteiger partial charge in [-0.25, -0.2) is 9.37 Å². The van der Waals surface area contributed by atoms with Crippen LogP contribution in [0, 0.1) is 18.7 Å². The van der Waals surface area contributed by atoms with Crippen molar-refractivity contribution < 1.29 is 9.18 Å². The van der Waals surface area contributed by atoms with Crippen molar-refractivity contribution in [3.05, 3.63) is 52.6 Å². The van der Waals surface area contributed by atoms with Crippen molar-refractivity contribution >= 4 is 28.8 Å². The second-order valence-corrected chi connectivity index (χ2v) is 7.90. The van der Waals surface area contributed by atoms with Gasteiger partial charge in [-0.3, -0.25) is 4.79 Å². The number of ketones is 1. The molecule has 0 unspecified atom stereocenters. The predicted molar refractivity (Wildman–Crippen MR) is 127 cm³/mol. The van der Waals surface area contributed by atoms with Gasteiger partial charge in [-0.1, -0.05) is 83.4 Å². The third-order valence-electron chi connectivity index (χ3n) is 5.07. The number of nitrogens with zero attached hydrogens (tertiary/aromatic N) is 1. The Morgan fingerprint density at radius 1 is 1.17 bits per heavy atom. The van der Waals surface area contributed by atoms with Crippen LogP contribution < -0.4 is 5.32 Å². The molecule has 0 spiro atoms. The van der Waals surface area contributed by atoms with Gasteiger partial charge in [0.15, 0.2) is 5.78 Å². The number of aryl methyl sites for hydroxylation is 1. The lowest BCUT2D eigenvalue weighted by Gasteiger charge is -2.20. The molecule has 166 valence electrons. The quantitative estimate of drug-likeness (QED) is 0.378. The third-order valence-corrected chi connectivity index (χ3v) is 5.27. The van der Waals surface area contributed by atoms with E-state index in [0.717, 1.165) is 11.5 Å². The Balaban J connectivity index is 0.000000342. The minimum absolute atomic E-state index is 0.167. The molecule has 1 saturated carbocycles. The molecule has 30 heavy (non-hydrogen) atoms. The van der Waals surface area contributed by atoms with Gasteiger partial charge in [-0.2, -0.15) is 0 Å². The number of carbonyl (C=O) groups is 1. The van der Waals surface area contributed by atoms with Gasteiger partial charge < -0.3 is 5.32 Å². The fourth-order valence-corrected chi connectivity index (χ4v) is 3.73. The molecule has 0 aliphatic heterocycles. The molecule has 0 atom stereocenters. The van der Waals surface area contributed by atoms with Crippen LogP contribution in [0.5, 0.6) is 0 Å². The van der Waals surface area contributed by atoms with E-state index in [2.05, 4.69) is 17.2 Å². The smallest absolute Gasteiger partial charge is 0.162 e. The lowest BCUT2D eigenvalue weighted by atomic mass is 9.86. The van der Waals surface area contributed by atoms with Crippen LogP contribution in [0.1, 0.15) is 88.6 Å². The van der Waals surface area contributed by atoms with Crippen LogP contribution in [0.25, 0.3) is 0 Å². The Morgan fingerprint density at radius 2 is 1.83 bits per heavy atom. The highest BCUT2D eigenvalue weighted by Crippen LogP contribution is 2.27. The van der Waals surface area contributed by atoms with Crippen molar-refractivity contribution in [2.45, 2.75) is 79.6 Å². The van der Waals surface area contributed by atoms with Gasteiger partial charge in [0.05, 0.1) is 17.6 Å². The van der Waals surface area contributed by atoms with Crippen molar-refractivity contribution in [3.8, 4) is 0 Å². The lowest BCUT2D eigenvalue weighted by Crippen LogP contribution is -2.04. The van der Waals surface area contributed by atoms with E-state index in [-0.39, 0.29) is 22.4 Å². The zero-order chi connectivity index (χ0) is 22.5. The Hall–Kier alpha value is -1.94. The van der Waals surface area contributed by atoms with Crippen LogP contribution in [0.15, 0.2) is 30.5 Å². The van der Waals surface area contributed by atoms with E-state index >= 15 is 0 Å². The molecule has 1 aromatic heterocycles. The summed E-state index contributed by atoms with van der Waals surface area (Å²) < 4.78 is 13.8. The number of halogens is 2. The number of hydrogen-bond donors (Lipinski definition) is 1. The number of benzene rings is 1. The molecule has 1 fully saturated rings. The Morgan fingerprint density at radius 3 is 2.40 bits per heavy atom. The molecule has 1 N–H and O–H groups in total. The minimum atomic E-state index is -0.385. The molecule has 3 rings (SSSR count). The van der Waals surface area contributed by atoms with E-state index in [4.69, 9.17) is 11.6 Å². The van der Waals surface area contributed by atoms with Crippen LogP contribution in [-0.2, 0) is 0 Å². The fraction of sp³-hybridized carbons (Fsp3) is 0.520. The molecular formula is C25H36ClFN2O. The second-order valence-electron chi connectivity index (χ2n) is 7.51. The van der Waals surface area contributed by atoms with Gasteiger partial charge in [0.25, 0.3) is 0 Å².